The number of nitro groups is 1. The number of hydrazine groups is 1. The van der Waals surface area contributed by atoms with Gasteiger partial charge in [0.15, 0.2) is 0 Å². The van der Waals surface area contributed by atoms with Crippen LogP contribution in [0.25, 0.3) is 0 Å². The fourth-order valence-corrected chi connectivity index (χ4v) is 2.17. The van der Waals surface area contributed by atoms with Crippen LogP contribution in [0.3, 0.4) is 0 Å². The molecular weight excluding hydrogens is 236 g/mol. The molecule has 1 aliphatic rings. The molecule has 0 amide bonds. The third kappa shape index (κ3) is 2.76. The van der Waals surface area contributed by atoms with Crippen LogP contribution in [-0.2, 0) is 6.54 Å². The topological polar surface area (TPSA) is 105 Å². The van der Waals surface area contributed by atoms with Crippen LogP contribution in [0, 0.1) is 10.1 Å². The van der Waals surface area contributed by atoms with Gasteiger partial charge >= 0.3 is 0 Å². The lowest BCUT2D eigenvalue weighted by molar-refractivity contribution is -0.384. The molecule has 0 saturated carbocycles. The minimum Gasteiger partial charge on any atom is -0.392 e. The van der Waals surface area contributed by atoms with Gasteiger partial charge in [0.05, 0.1) is 11.0 Å². The molecule has 4 N–H and O–H groups in total. The third-order valence-corrected chi connectivity index (χ3v) is 3.07. The van der Waals surface area contributed by atoms with Gasteiger partial charge in [-0.1, -0.05) is 6.07 Å². The van der Waals surface area contributed by atoms with Gasteiger partial charge in [-0.05, 0) is 18.1 Å². The standard InChI is InChI=1S/C11H16N4O3/c12-13-10-5-8(1-2-11(10)15(17)18)6-14-4-3-9(16)7-14/h1-2,5,9,13,16H,3-4,6-7,12H2. The molecule has 1 aromatic carbocycles. The summed E-state index contributed by atoms with van der Waals surface area (Å²) in [4.78, 5) is 12.4. The molecule has 1 fully saturated rings. The number of aliphatic hydroxyl groups excluding tert-OH is 1. The minimum atomic E-state index is -0.474. The van der Waals surface area contributed by atoms with E-state index in [4.69, 9.17) is 5.84 Å². The number of anilines is 1. The van der Waals surface area contributed by atoms with Crippen LogP contribution in [0.15, 0.2) is 18.2 Å². The van der Waals surface area contributed by atoms with Crippen LogP contribution in [0.5, 0.6) is 0 Å². The summed E-state index contributed by atoms with van der Waals surface area (Å²) in [5.74, 6) is 5.28. The largest absolute Gasteiger partial charge is 0.392 e. The molecule has 1 heterocycles. The Morgan fingerprint density at radius 1 is 1.61 bits per heavy atom. The Morgan fingerprint density at radius 2 is 2.39 bits per heavy atom. The molecule has 1 unspecified atom stereocenters. The van der Waals surface area contributed by atoms with Crippen molar-refractivity contribution in [1.29, 1.82) is 0 Å². The summed E-state index contributed by atoms with van der Waals surface area (Å²) in [7, 11) is 0. The first-order valence-electron chi connectivity index (χ1n) is 5.74. The summed E-state index contributed by atoms with van der Waals surface area (Å²) in [6, 6.07) is 4.82. The lowest BCUT2D eigenvalue weighted by Gasteiger charge is -2.15. The molecule has 1 saturated heterocycles. The Balaban J connectivity index is 2.12. The predicted octanol–water partition coefficient (Wildman–Crippen LogP) is 0.447. The Morgan fingerprint density at radius 3 is 2.94 bits per heavy atom. The molecule has 98 valence electrons. The van der Waals surface area contributed by atoms with E-state index in [9.17, 15) is 15.2 Å². The summed E-state index contributed by atoms with van der Waals surface area (Å²) in [5.41, 5.74) is 3.54. The van der Waals surface area contributed by atoms with E-state index < -0.39 is 4.92 Å². The van der Waals surface area contributed by atoms with Crippen molar-refractivity contribution in [2.24, 2.45) is 5.84 Å². The van der Waals surface area contributed by atoms with Crippen molar-refractivity contribution < 1.29 is 10.0 Å². The highest BCUT2D eigenvalue weighted by atomic mass is 16.6. The summed E-state index contributed by atoms with van der Waals surface area (Å²) >= 11 is 0. The molecule has 0 aliphatic carbocycles. The highest BCUT2D eigenvalue weighted by Gasteiger charge is 2.21. The fraction of sp³-hybridized carbons (Fsp3) is 0.455. The van der Waals surface area contributed by atoms with Gasteiger partial charge < -0.3 is 10.5 Å². The van der Waals surface area contributed by atoms with Crippen LogP contribution in [0.4, 0.5) is 11.4 Å². The third-order valence-electron chi connectivity index (χ3n) is 3.07. The first-order chi connectivity index (χ1) is 8.60. The quantitative estimate of drug-likeness (QED) is 0.408. The van der Waals surface area contributed by atoms with Crippen molar-refractivity contribution in [3.05, 3.63) is 33.9 Å². The van der Waals surface area contributed by atoms with Crippen molar-refractivity contribution in [2.45, 2.75) is 19.1 Å². The molecule has 18 heavy (non-hydrogen) atoms. The number of rotatable bonds is 4. The monoisotopic (exact) mass is 252 g/mol. The van der Waals surface area contributed by atoms with Gasteiger partial charge in [0.25, 0.3) is 5.69 Å². The molecule has 1 aromatic rings. The van der Waals surface area contributed by atoms with E-state index in [-0.39, 0.29) is 11.8 Å². The molecule has 1 atom stereocenters. The number of aliphatic hydroxyl groups is 1. The van der Waals surface area contributed by atoms with Crippen molar-refractivity contribution >= 4 is 11.4 Å². The Kier molecular flexibility index (Phi) is 3.75. The maximum Gasteiger partial charge on any atom is 0.293 e. The number of nitrogens with two attached hydrogens (primary N) is 1. The smallest absolute Gasteiger partial charge is 0.293 e. The molecule has 7 heteroatoms. The minimum absolute atomic E-state index is 0.0392. The molecule has 0 aromatic heterocycles. The Bertz CT molecular complexity index is 452. The first kappa shape index (κ1) is 12.7. The summed E-state index contributed by atoms with van der Waals surface area (Å²) < 4.78 is 0. The second-order valence-electron chi connectivity index (χ2n) is 4.43. The van der Waals surface area contributed by atoms with E-state index in [2.05, 4.69) is 10.3 Å². The molecule has 1 aliphatic heterocycles. The zero-order chi connectivity index (χ0) is 13.1. The fourth-order valence-electron chi connectivity index (χ4n) is 2.17. The zero-order valence-corrected chi connectivity index (χ0v) is 9.87. The van der Waals surface area contributed by atoms with E-state index in [1.807, 2.05) is 0 Å². The van der Waals surface area contributed by atoms with Crippen LogP contribution in [-0.4, -0.2) is 34.1 Å². The SMILES string of the molecule is NNc1cc(CN2CCC(O)C2)ccc1[N+](=O)[O-]. The van der Waals surface area contributed by atoms with Gasteiger partial charge in [-0.3, -0.25) is 20.9 Å². The number of nitrogens with one attached hydrogen (secondary N) is 1. The van der Waals surface area contributed by atoms with Gasteiger partial charge in [0.1, 0.15) is 5.69 Å². The van der Waals surface area contributed by atoms with Crippen molar-refractivity contribution in [3.63, 3.8) is 0 Å². The van der Waals surface area contributed by atoms with Crippen molar-refractivity contribution in [3.8, 4) is 0 Å². The van der Waals surface area contributed by atoms with Crippen LogP contribution < -0.4 is 11.3 Å². The normalized spacial score (nSPS) is 20.0. The van der Waals surface area contributed by atoms with Crippen molar-refractivity contribution in [1.82, 2.24) is 4.90 Å². The molecule has 0 bridgehead atoms. The maximum atomic E-state index is 10.7. The number of likely N-dealkylation sites (tertiary alicyclic amines) is 1. The summed E-state index contributed by atoms with van der Waals surface area (Å²) in [6.45, 7) is 2.13. The molecule has 0 spiro atoms. The Labute approximate surface area is 104 Å². The van der Waals surface area contributed by atoms with Crippen LogP contribution >= 0.6 is 0 Å². The summed E-state index contributed by atoms with van der Waals surface area (Å²) in [5, 5.41) is 20.2. The highest BCUT2D eigenvalue weighted by Crippen LogP contribution is 2.25. The number of benzene rings is 1. The van der Waals surface area contributed by atoms with E-state index >= 15 is 0 Å². The number of nitrogen functional groups attached to an aromatic ring is 1. The highest BCUT2D eigenvalue weighted by molar-refractivity contribution is 5.62. The van der Waals surface area contributed by atoms with Crippen LogP contribution in [0.2, 0.25) is 0 Å². The Hall–Kier alpha value is -1.70. The number of hydrogen-bond acceptors (Lipinski definition) is 6. The maximum absolute atomic E-state index is 10.7. The van der Waals surface area contributed by atoms with Gasteiger partial charge in [-0.2, -0.15) is 0 Å². The molecule has 0 radical (unpaired) electrons. The number of hydrogen-bond donors (Lipinski definition) is 3. The van der Waals surface area contributed by atoms with Gasteiger partial charge in [-0.15, -0.1) is 0 Å². The lowest BCUT2D eigenvalue weighted by Crippen LogP contribution is -2.21. The summed E-state index contributed by atoms with van der Waals surface area (Å²) in [6.07, 6.45) is 0.504. The molecular formula is C11H16N4O3. The molecule has 2 rings (SSSR count). The van der Waals surface area contributed by atoms with Gasteiger partial charge in [0, 0.05) is 25.7 Å². The average molecular weight is 252 g/mol. The second-order valence-corrected chi connectivity index (χ2v) is 4.43. The number of β-amino-alcohol motifs (C(OH)–C–C–N with tert-alkyl or cyclic N) is 1. The van der Waals surface area contributed by atoms with E-state index in [0.717, 1.165) is 18.5 Å². The van der Waals surface area contributed by atoms with Crippen LogP contribution in [0.1, 0.15) is 12.0 Å². The zero-order valence-electron chi connectivity index (χ0n) is 9.87. The number of nitro benzene ring substituents is 1. The second kappa shape index (κ2) is 5.30. The predicted molar refractivity (Wildman–Crippen MR) is 66.8 cm³/mol. The molecule has 7 nitrogen and oxygen atoms in total. The van der Waals surface area contributed by atoms with E-state index in [1.54, 1.807) is 12.1 Å². The van der Waals surface area contributed by atoms with Crippen molar-refractivity contribution in [2.75, 3.05) is 18.5 Å². The number of nitrogens with zero attached hydrogens (tertiary/aromatic N) is 2. The van der Waals surface area contributed by atoms with Gasteiger partial charge in [0.2, 0.25) is 0 Å². The first-order valence-corrected chi connectivity index (χ1v) is 5.74. The van der Waals surface area contributed by atoms with Gasteiger partial charge in [-0.25, -0.2) is 0 Å². The lowest BCUT2D eigenvalue weighted by atomic mass is 10.1. The average Bonchev–Trinajstić information content (AvgIpc) is 2.74. The van der Waals surface area contributed by atoms with E-state index in [0.29, 0.717) is 18.8 Å². The van der Waals surface area contributed by atoms with E-state index in [1.165, 1.54) is 6.07 Å².